The van der Waals surface area contributed by atoms with Gasteiger partial charge < -0.3 is 24.4 Å². The zero-order valence-corrected chi connectivity index (χ0v) is 20.5. The Morgan fingerprint density at radius 1 is 1.03 bits per heavy atom. The predicted molar refractivity (Wildman–Crippen MR) is 134 cm³/mol. The van der Waals surface area contributed by atoms with Gasteiger partial charge in [0, 0.05) is 31.2 Å². The first-order valence-electron chi connectivity index (χ1n) is 12.1. The van der Waals surface area contributed by atoms with Gasteiger partial charge in [-0.25, -0.2) is 0 Å². The van der Waals surface area contributed by atoms with E-state index in [9.17, 15) is 9.59 Å². The lowest BCUT2D eigenvalue weighted by Crippen LogP contribution is -2.38. The normalized spacial score (nSPS) is 15.0. The van der Waals surface area contributed by atoms with Crippen molar-refractivity contribution in [1.29, 1.82) is 0 Å². The second-order valence-electron chi connectivity index (χ2n) is 9.02. The third kappa shape index (κ3) is 4.84. The number of rotatable bonds is 6. The third-order valence-corrected chi connectivity index (χ3v) is 6.70. The van der Waals surface area contributed by atoms with Crippen molar-refractivity contribution in [3.05, 3.63) is 82.7 Å². The van der Waals surface area contributed by atoms with E-state index in [0.29, 0.717) is 48.0 Å². The van der Waals surface area contributed by atoms with Crippen LogP contribution in [0.15, 0.2) is 54.6 Å². The molecule has 0 radical (unpaired) electrons. The fraction of sp³-hybridized carbons (Fsp3) is 0.321. The Bertz CT molecular complexity index is 1280. The number of hydrogen-bond acceptors (Lipinski definition) is 6. The number of amides is 2. The number of aromatic nitrogens is 1. The topological polar surface area (TPSA) is 90.0 Å². The minimum atomic E-state index is -0.164. The zero-order valence-electron chi connectivity index (χ0n) is 20.5. The standard InChI is InChI=1S/C28H29N3O5/c1-18-7-9-22(27(32)29-16-19-8-10-24-25(15-19)36-17-35-24)26(30-18)20-11-13-31(14-12-20)28(33)21-5-3-4-6-23(21)34-2/h3-10,15,20H,11-14,16-17H2,1-2H3,(H,29,32). The Labute approximate surface area is 210 Å². The second kappa shape index (κ2) is 10.3. The van der Waals surface area contributed by atoms with Gasteiger partial charge in [-0.2, -0.15) is 0 Å². The largest absolute Gasteiger partial charge is 0.496 e. The first kappa shape index (κ1) is 23.7. The van der Waals surface area contributed by atoms with E-state index in [1.165, 1.54) is 0 Å². The molecule has 36 heavy (non-hydrogen) atoms. The Balaban J connectivity index is 1.26. The number of methoxy groups -OCH3 is 1. The number of fused-ring (bicyclic) bond motifs is 1. The van der Waals surface area contributed by atoms with Crippen molar-refractivity contribution < 1.29 is 23.8 Å². The van der Waals surface area contributed by atoms with E-state index in [1.807, 2.05) is 54.3 Å². The maximum atomic E-state index is 13.2. The molecule has 1 aromatic heterocycles. The van der Waals surface area contributed by atoms with Gasteiger partial charge in [0.15, 0.2) is 11.5 Å². The highest BCUT2D eigenvalue weighted by Gasteiger charge is 2.29. The van der Waals surface area contributed by atoms with Crippen LogP contribution in [0, 0.1) is 6.92 Å². The fourth-order valence-corrected chi connectivity index (χ4v) is 4.76. The SMILES string of the molecule is COc1ccccc1C(=O)N1CCC(c2nc(C)ccc2C(=O)NCc2ccc3c(c2)OCO3)CC1. The van der Waals surface area contributed by atoms with Gasteiger partial charge in [-0.15, -0.1) is 0 Å². The monoisotopic (exact) mass is 487 g/mol. The first-order valence-corrected chi connectivity index (χ1v) is 12.1. The molecule has 8 nitrogen and oxygen atoms in total. The van der Waals surface area contributed by atoms with Crippen LogP contribution in [0.25, 0.3) is 0 Å². The summed E-state index contributed by atoms with van der Waals surface area (Å²) < 4.78 is 16.1. The van der Waals surface area contributed by atoms with Crippen LogP contribution in [-0.4, -0.2) is 48.7 Å². The molecule has 3 aromatic rings. The number of para-hydroxylation sites is 1. The number of nitrogens with zero attached hydrogens (tertiary/aromatic N) is 2. The minimum Gasteiger partial charge on any atom is -0.496 e. The van der Waals surface area contributed by atoms with Gasteiger partial charge in [0.05, 0.1) is 23.9 Å². The molecule has 1 N–H and O–H groups in total. The van der Waals surface area contributed by atoms with Crippen LogP contribution >= 0.6 is 0 Å². The molecule has 3 heterocycles. The number of ether oxygens (including phenoxy) is 3. The van der Waals surface area contributed by atoms with Crippen molar-refractivity contribution >= 4 is 11.8 Å². The van der Waals surface area contributed by atoms with Crippen LogP contribution in [0.3, 0.4) is 0 Å². The van der Waals surface area contributed by atoms with Crippen LogP contribution in [0.4, 0.5) is 0 Å². The molecule has 5 rings (SSSR count). The highest BCUT2D eigenvalue weighted by molar-refractivity contribution is 5.97. The lowest BCUT2D eigenvalue weighted by Gasteiger charge is -2.32. The van der Waals surface area contributed by atoms with Crippen LogP contribution in [0.5, 0.6) is 17.2 Å². The Morgan fingerprint density at radius 3 is 2.61 bits per heavy atom. The summed E-state index contributed by atoms with van der Waals surface area (Å²) in [5, 5.41) is 3.01. The van der Waals surface area contributed by atoms with E-state index >= 15 is 0 Å². The molecule has 8 heteroatoms. The van der Waals surface area contributed by atoms with Crippen LogP contribution in [0.1, 0.15) is 56.4 Å². The number of benzene rings is 2. The molecule has 0 bridgehead atoms. The van der Waals surface area contributed by atoms with E-state index in [1.54, 1.807) is 19.2 Å². The Hall–Kier alpha value is -4.07. The number of aryl methyl sites for hydroxylation is 1. The number of carbonyl (C=O) groups excluding carboxylic acids is 2. The Kier molecular flexibility index (Phi) is 6.75. The summed E-state index contributed by atoms with van der Waals surface area (Å²) >= 11 is 0. The van der Waals surface area contributed by atoms with E-state index in [2.05, 4.69) is 5.32 Å². The van der Waals surface area contributed by atoms with Crippen LogP contribution in [0.2, 0.25) is 0 Å². The summed E-state index contributed by atoms with van der Waals surface area (Å²) in [6.07, 6.45) is 1.47. The van der Waals surface area contributed by atoms with Crippen LogP contribution < -0.4 is 19.5 Å². The number of piperidine rings is 1. The smallest absolute Gasteiger partial charge is 0.257 e. The van der Waals surface area contributed by atoms with Gasteiger partial charge in [-0.3, -0.25) is 14.6 Å². The molecule has 0 aliphatic carbocycles. The summed E-state index contributed by atoms with van der Waals surface area (Å²) in [4.78, 5) is 32.9. The van der Waals surface area contributed by atoms with Crippen molar-refractivity contribution in [2.24, 2.45) is 0 Å². The fourth-order valence-electron chi connectivity index (χ4n) is 4.76. The van der Waals surface area contributed by atoms with E-state index in [4.69, 9.17) is 19.2 Å². The van der Waals surface area contributed by atoms with Gasteiger partial charge in [0.25, 0.3) is 11.8 Å². The summed E-state index contributed by atoms with van der Waals surface area (Å²) in [6.45, 7) is 3.70. The maximum absolute atomic E-state index is 13.2. The number of hydrogen-bond donors (Lipinski definition) is 1. The van der Waals surface area contributed by atoms with E-state index in [-0.39, 0.29) is 24.5 Å². The van der Waals surface area contributed by atoms with Gasteiger partial charge in [-0.05, 0) is 61.7 Å². The van der Waals surface area contributed by atoms with Crippen LogP contribution in [-0.2, 0) is 6.54 Å². The second-order valence-corrected chi connectivity index (χ2v) is 9.02. The zero-order chi connectivity index (χ0) is 25.1. The van der Waals surface area contributed by atoms with Crippen molar-refractivity contribution in [2.45, 2.75) is 32.2 Å². The number of likely N-dealkylation sites (tertiary alicyclic amines) is 1. The van der Waals surface area contributed by atoms with E-state index < -0.39 is 0 Å². The first-order chi connectivity index (χ1) is 17.5. The number of nitrogens with one attached hydrogen (secondary N) is 1. The molecule has 2 amide bonds. The van der Waals surface area contributed by atoms with Gasteiger partial charge >= 0.3 is 0 Å². The average molecular weight is 488 g/mol. The summed E-state index contributed by atoms with van der Waals surface area (Å²) in [7, 11) is 1.57. The molecule has 2 aromatic carbocycles. The molecule has 0 atom stereocenters. The molecule has 1 fully saturated rings. The maximum Gasteiger partial charge on any atom is 0.257 e. The predicted octanol–water partition coefficient (Wildman–Crippen LogP) is 4.08. The van der Waals surface area contributed by atoms with Crippen molar-refractivity contribution in [1.82, 2.24) is 15.2 Å². The van der Waals surface area contributed by atoms with Crippen molar-refractivity contribution in [2.75, 3.05) is 27.0 Å². The lowest BCUT2D eigenvalue weighted by molar-refractivity contribution is 0.0707. The van der Waals surface area contributed by atoms with Gasteiger partial charge in [0.1, 0.15) is 5.75 Å². The Morgan fingerprint density at radius 2 is 1.81 bits per heavy atom. The molecule has 0 spiro atoms. The molecular formula is C28H29N3O5. The quantitative estimate of drug-likeness (QED) is 0.564. The van der Waals surface area contributed by atoms with Gasteiger partial charge in [-0.1, -0.05) is 18.2 Å². The summed E-state index contributed by atoms with van der Waals surface area (Å²) in [6, 6.07) is 16.6. The number of carbonyl (C=O) groups is 2. The third-order valence-electron chi connectivity index (χ3n) is 6.70. The lowest BCUT2D eigenvalue weighted by atomic mass is 9.89. The molecule has 0 unspecified atom stereocenters. The molecule has 2 aliphatic heterocycles. The molecule has 2 aliphatic rings. The number of pyridine rings is 1. The molecule has 186 valence electrons. The molecule has 1 saturated heterocycles. The highest BCUT2D eigenvalue weighted by atomic mass is 16.7. The summed E-state index contributed by atoms with van der Waals surface area (Å²) in [5.74, 6) is 1.87. The summed E-state index contributed by atoms with van der Waals surface area (Å²) in [5.41, 5.74) is 3.73. The minimum absolute atomic E-state index is 0.0372. The van der Waals surface area contributed by atoms with Crippen molar-refractivity contribution in [3.63, 3.8) is 0 Å². The van der Waals surface area contributed by atoms with Gasteiger partial charge in [0.2, 0.25) is 6.79 Å². The van der Waals surface area contributed by atoms with E-state index in [0.717, 1.165) is 29.8 Å². The van der Waals surface area contributed by atoms with Crippen molar-refractivity contribution in [3.8, 4) is 17.2 Å². The molecule has 0 saturated carbocycles. The highest BCUT2D eigenvalue weighted by Crippen LogP contribution is 2.33. The molecular weight excluding hydrogens is 458 g/mol. The average Bonchev–Trinajstić information content (AvgIpc) is 3.39.